The van der Waals surface area contributed by atoms with E-state index in [9.17, 15) is 8.42 Å². The highest BCUT2D eigenvalue weighted by Gasteiger charge is 2.26. The highest BCUT2D eigenvalue weighted by molar-refractivity contribution is 7.85. The normalized spacial score (nSPS) is 19.8. The Morgan fingerprint density at radius 1 is 1.19 bits per heavy atom. The maximum atomic E-state index is 10.6. The summed E-state index contributed by atoms with van der Waals surface area (Å²) in [4.78, 5) is 3.94. The third-order valence-electron chi connectivity index (χ3n) is 4.69. The van der Waals surface area contributed by atoms with Crippen LogP contribution in [0.3, 0.4) is 0 Å². The van der Waals surface area contributed by atoms with Gasteiger partial charge < -0.3 is 0 Å². The summed E-state index contributed by atoms with van der Waals surface area (Å²) in [6.45, 7) is 11.0. The minimum Gasteiger partial charge on any atom is -0.292 e. The molecule has 0 aromatic heterocycles. The van der Waals surface area contributed by atoms with Crippen LogP contribution in [0.25, 0.3) is 0 Å². The summed E-state index contributed by atoms with van der Waals surface area (Å²) in [5, 5.41) is 0. The van der Waals surface area contributed by atoms with Gasteiger partial charge in [0.1, 0.15) is 0 Å². The van der Waals surface area contributed by atoms with Gasteiger partial charge in [-0.3, -0.25) is 9.55 Å². The molecule has 1 aliphatic rings. The zero-order chi connectivity index (χ0) is 20.5. The number of allylic oxidation sites excluding steroid dienone is 10. The molecule has 4 nitrogen and oxygen atoms in total. The average Bonchev–Trinajstić information content (AvgIpc) is 2.52. The lowest BCUT2D eigenvalue weighted by Gasteiger charge is -2.32. The monoisotopic (exact) mass is 391 g/mol. The molecule has 27 heavy (non-hydrogen) atoms. The van der Waals surface area contributed by atoms with E-state index in [1.165, 1.54) is 36.0 Å². The Morgan fingerprint density at radius 3 is 2.48 bits per heavy atom. The lowest BCUT2D eigenvalue weighted by molar-refractivity contribution is 0.377. The van der Waals surface area contributed by atoms with Gasteiger partial charge in [-0.15, -0.1) is 0 Å². The smallest absolute Gasteiger partial charge is 0.266 e. The number of aliphatic imine (C=N–C) groups is 1. The highest BCUT2D eigenvalue weighted by Crippen LogP contribution is 2.40. The lowest BCUT2D eigenvalue weighted by atomic mass is 9.72. The number of hydrogen-bond donors (Lipinski definition) is 1. The molecule has 0 fully saturated rings. The van der Waals surface area contributed by atoms with E-state index in [1.54, 1.807) is 12.3 Å². The van der Waals surface area contributed by atoms with Crippen molar-refractivity contribution in [1.82, 2.24) is 0 Å². The van der Waals surface area contributed by atoms with Gasteiger partial charge in [-0.1, -0.05) is 55.4 Å². The van der Waals surface area contributed by atoms with Crippen LogP contribution in [0.5, 0.6) is 0 Å². The van der Waals surface area contributed by atoms with Gasteiger partial charge in [0.2, 0.25) is 0 Å². The first-order valence-electron chi connectivity index (χ1n) is 9.36. The van der Waals surface area contributed by atoms with Crippen LogP contribution >= 0.6 is 0 Å². The summed E-state index contributed by atoms with van der Waals surface area (Å²) < 4.78 is 29.8. The van der Waals surface area contributed by atoms with E-state index >= 15 is 0 Å². The van der Waals surface area contributed by atoms with Crippen LogP contribution in [0.4, 0.5) is 0 Å². The van der Waals surface area contributed by atoms with E-state index in [1.807, 2.05) is 19.1 Å². The molecule has 150 valence electrons. The Balaban J connectivity index is 2.62. The number of hydrogen-bond acceptors (Lipinski definition) is 3. The van der Waals surface area contributed by atoms with E-state index in [-0.39, 0.29) is 17.7 Å². The highest BCUT2D eigenvalue weighted by atomic mass is 32.2. The van der Waals surface area contributed by atoms with Crippen LogP contribution in [0.2, 0.25) is 0 Å². The fourth-order valence-electron chi connectivity index (χ4n) is 3.10. The minimum atomic E-state index is -3.94. The van der Waals surface area contributed by atoms with Crippen LogP contribution < -0.4 is 0 Å². The zero-order valence-corrected chi connectivity index (χ0v) is 18.0. The summed E-state index contributed by atoms with van der Waals surface area (Å²) in [5.41, 5.74) is 5.40. The molecular weight excluding hydrogens is 358 g/mol. The third-order valence-corrected chi connectivity index (χ3v) is 5.39. The van der Waals surface area contributed by atoms with Gasteiger partial charge in [-0.05, 0) is 62.7 Å². The van der Waals surface area contributed by atoms with Gasteiger partial charge in [0, 0.05) is 6.21 Å². The van der Waals surface area contributed by atoms with Gasteiger partial charge in [0.25, 0.3) is 10.1 Å². The van der Waals surface area contributed by atoms with Crippen molar-refractivity contribution >= 4 is 16.3 Å². The predicted octanol–water partition coefficient (Wildman–Crippen LogP) is 5.48. The maximum Gasteiger partial charge on any atom is 0.266 e. The topological polar surface area (TPSA) is 66.7 Å². The first-order chi connectivity index (χ1) is 12.5. The number of nitrogens with zero attached hydrogens (tertiary/aromatic N) is 1. The van der Waals surface area contributed by atoms with Crippen LogP contribution in [-0.2, 0) is 10.1 Å². The van der Waals surface area contributed by atoms with Crippen LogP contribution in [0.1, 0.15) is 53.9 Å². The second-order valence-electron chi connectivity index (χ2n) is 7.79. The molecule has 0 spiro atoms. The Morgan fingerprint density at radius 2 is 1.85 bits per heavy atom. The Bertz CT molecular complexity index is 791. The summed E-state index contributed by atoms with van der Waals surface area (Å²) in [7, 11) is -3.94. The van der Waals surface area contributed by atoms with Crippen molar-refractivity contribution < 1.29 is 13.0 Å². The molecule has 0 amide bonds. The quantitative estimate of drug-likeness (QED) is 0.338. The van der Waals surface area contributed by atoms with E-state index in [0.717, 1.165) is 5.57 Å². The van der Waals surface area contributed by atoms with E-state index in [4.69, 9.17) is 4.55 Å². The molecule has 5 heteroatoms. The first-order valence-corrected chi connectivity index (χ1v) is 11.0. The molecule has 1 N–H and O–H groups in total. The summed E-state index contributed by atoms with van der Waals surface area (Å²) >= 11 is 0. The third kappa shape index (κ3) is 9.68. The summed E-state index contributed by atoms with van der Waals surface area (Å²) in [5.74, 6) is -0.354. The Kier molecular flexibility index (Phi) is 9.13. The molecule has 0 radical (unpaired) electrons. The largest absolute Gasteiger partial charge is 0.292 e. The first kappa shape index (κ1) is 23.3. The lowest BCUT2D eigenvalue weighted by Crippen LogP contribution is -2.19. The maximum absolute atomic E-state index is 10.6. The number of rotatable bonds is 8. The second kappa shape index (κ2) is 10.6. The van der Waals surface area contributed by atoms with Gasteiger partial charge in [0.15, 0.2) is 0 Å². The predicted molar refractivity (Wildman–Crippen MR) is 116 cm³/mol. The van der Waals surface area contributed by atoms with Crippen molar-refractivity contribution in [3.8, 4) is 0 Å². The second-order valence-corrected chi connectivity index (χ2v) is 9.36. The molecule has 0 unspecified atom stereocenters. The fourth-order valence-corrected chi connectivity index (χ4v) is 3.44. The molecule has 0 saturated carbocycles. The van der Waals surface area contributed by atoms with Crippen molar-refractivity contribution in [2.75, 3.05) is 12.3 Å². The van der Waals surface area contributed by atoms with Crippen molar-refractivity contribution in [2.24, 2.45) is 10.4 Å². The SMILES string of the molecule is CC1=C(/C=C/C(C)=C/C=C/C(C)=C/C=NCCS(=O)(=O)O)C(C)(C)CCC1. The van der Waals surface area contributed by atoms with Crippen molar-refractivity contribution in [1.29, 1.82) is 0 Å². The molecule has 0 atom stereocenters. The standard InChI is InChI=1S/C22H33NO3S/c1-18(11-12-21-20(3)10-7-14-22(21,4)5)8-6-9-19(2)13-15-23-16-17-27(24,25)26/h6,8-9,11-13,15H,7,10,14,16-17H2,1-5H3,(H,24,25,26)/b9-6+,12-11+,18-8+,19-13+,23-15?. The van der Waals surface area contributed by atoms with Crippen LogP contribution in [0.15, 0.2) is 63.7 Å². The molecule has 0 aliphatic heterocycles. The molecule has 1 aliphatic carbocycles. The molecular formula is C22H33NO3S. The summed E-state index contributed by atoms with van der Waals surface area (Å²) in [6, 6.07) is 0. The van der Waals surface area contributed by atoms with Crippen molar-refractivity contribution in [2.45, 2.75) is 53.9 Å². The van der Waals surface area contributed by atoms with Crippen LogP contribution in [0, 0.1) is 5.41 Å². The van der Waals surface area contributed by atoms with Gasteiger partial charge >= 0.3 is 0 Å². The average molecular weight is 392 g/mol. The molecule has 1 rings (SSSR count). The van der Waals surface area contributed by atoms with E-state index in [0.29, 0.717) is 0 Å². The molecule has 0 saturated heterocycles. The van der Waals surface area contributed by atoms with Crippen molar-refractivity contribution in [3.05, 3.63) is 58.7 Å². The van der Waals surface area contributed by atoms with Crippen molar-refractivity contribution in [3.63, 3.8) is 0 Å². The minimum absolute atomic E-state index is 0.0573. The Labute approximate surface area is 164 Å². The molecule has 0 aromatic rings. The summed E-state index contributed by atoms with van der Waals surface area (Å²) in [6.07, 6.45) is 17.5. The van der Waals surface area contributed by atoms with Gasteiger partial charge in [-0.25, -0.2) is 0 Å². The fraction of sp³-hybridized carbons (Fsp3) is 0.500. The molecule has 0 bridgehead atoms. The van der Waals surface area contributed by atoms with Crippen LogP contribution in [-0.4, -0.2) is 31.5 Å². The molecule has 0 heterocycles. The Hall–Kier alpha value is -1.72. The molecule has 0 aromatic carbocycles. The van der Waals surface area contributed by atoms with E-state index in [2.05, 4.69) is 50.9 Å². The zero-order valence-electron chi connectivity index (χ0n) is 17.2. The van der Waals surface area contributed by atoms with Gasteiger partial charge in [0.05, 0.1) is 12.3 Å². The van der Waals surface area contributed by atoms with E-state index < -0.39 is 10.1 Å². The van der Waals surface area contributed by atoms with Gasteiger partial charge in [-0.2, -0.15) is 8.42 Å².